The van der Waals surface area contributed by atoms with Crippen LogP contribution in [0.4, 0.5) is 29.5 Å². The summed E-state index contributed by atoms with van der Waals surface area (Å²) in [4.78, 5) is 20.3. The lowest BCUT2D eigenvalue weighted by atomic mass is 10.1. The molecule has 2 fully saturated rings. The third-order valence-corrected chi connectivity index (χ3v) is 12.0. The first-order chi connectivity index (χ1) is 24.7. The highest BCUT2D eigenvalue weighted by molar-refractivity contribution is 14.1. The van der Waals surface area contributed by atoms with Gasteiger partial charge < -0.3 is 20.1 Å². The summed E-state index contributed by atoms with van der Waals surface area (Å²) in [5, 5.41) is 8.76. The van der Waals surface area contributed by atoms with Crippen molar-refractivity contribution in [3.05, 3.63) is 87.1 Å². The lowest BCUT2D eigenvalue weighted by Crippen LogP contribution is -2.28. The molecule has 0 radical (unpaired) electrons. The molecule has 6 aromatic rings. The smallest absolute Gasteiger partial charge is 0.224 e. The molecule has 0 atom stereocenters. The molecule has 268 valence electrons. The van der Waals surface area contributed by atoms with Crippen LogP contribution >= 0.6 is 69.7 Å². The van der Waals surface area contributed by atoms with E-state index in [0.29, 0.717) is 22.9 Å². The summed E-state index contributed by atoms with van der Waals surface area (Å²) in [5.74, 6) is -1.000. The molecule has 0 saturated carbocycles. The van der Waals surface area contributed by atoms with Gasteiger partial charge in [-0.2, -0.15) is 0 Å². The SMILES string of the molecule is Fc1ccc(S)c(F)c1.Fc1ccc(Sc2cc3cnc(NC4CCOCC4)nc3s2)c(F)c1.Ic1cc2cnc(NC3CCOCC3)nc2s1. The Balaban J connectivity index is 0.000000148. The van der Waals surface area contributed by atoms with E-state index in [1.165, 1.54) is 44.2 Å². The van der Waals surface area contributed by atoms with Gasteiger partial charge >= 0.3 is 0 Å². The minimum absolute atomic E-state index is 0.163. The highest BCUT2D eigenvalue weighted by atomic mass is 127. The first kappa shape index (κ1) is 37.9. The van der Waals surface area contributed by atoms with Crippen molar-refractivity contribution in [1.29, 1.82) is 0 Å². The molecule has 0 unspecified atom stereocenters. The van der Waals surface area contributed by atoms with Crippen LogP contribution in [0, 0.1) is 26.2 Å². The van der Waals surface area contributed by atoms with Crippen LogP contribution in [0.15, 0.2) is 74.9 Å². The van der Waals surface area contributed by atoms with E-state index >= 15 is 0 Å². The van der Waals surface area contributed by atoms with Crippen LogP contribution in [0.5, 0.6) is 0 Å². The van der Waals surface area contributed by atoms with Gasteiger partial charge in [-0.25, -0.2) is 37.5 Å². The van der Waals surface area contributed by atoms with E-state index in [-0.39, 0.29) is 4.90 Å². The van der Waals surface area contributed by atoms with Gasteiger partial charge in [-0.3, -0.25) is 0 Å². The second kappa shape index (κ2) is 18.3. The van der Waals surface area contributed by atoms with E-state index in [1.54, 1.807) is 17.5 Å². The van der Waals surface area contributed by atoms with Crippen molar-refractivity contribution < 1.29 is 27.0 Å². The maximum atomic E-state index is 13.8. The molecule has 17 heteroatoms. The van der Waals surface area contributed by atoms with Gasteiger partial charge in [0.05, 0.1) is 7.09 Å². The number of aromatic nitrogens is 4. The van der Waals surface area contributed by atoms with Crippen LogP contribution in [0.25, 0.3) is 20.4 Å². The number of thiol groups is 1. The van der Waals surface area contributed by atoms with E-state index in [1.807, 2.05) is 12.3 Å². The largest absolute Gasteiger partial charge is 0.381 e. The zero-order valence-electron chi connectivity index (χ0n) is 26.8. The van der Waals surface area contributed by atoms with E-state index in [4.69, 9.17) is 9.47 Å². The van der Waals surface area contributed by atoms with Crippen molar-refractivity contribution in [2.24, 2.45) is 0 Å². The molecule has 4 aromatic heterocycles. The molecule has 8 rings (SSSR count). The van der Waals surface area contributed by atoms with Gasteiger partial charge in [-0.15, -0.1) is 35.3 Å². The highest BCUT2D eigenvalue weighted by Gasteiger charge is 2.17. The predicted molar refractivity (Wildman–Crippen MR) is 207 cm³/mol. The Kier molecular flexibility index (Phi) is 13.6. The number of fused-ring (bicyclic) bond motifs is 2. The summed E-state index contributed by atoms with van der Waals surface area (Å²) in [6, 6.07) is 11.6. The number of thiophene rings is 2. The lowest BCUT2D eigenvalue weighted by Gasteiger charge is -2.22. The minimum Gasteiger partial charge on any atom is -0.381 e. The average molecular weight is 887 g/mol. The second-order valence-electron chi connectivity index (χ2n) is 11.4. The average Bonchev–Trinajstić information content (AvgIpc) is 3.70. The Bertz CT molecular complexity index is 2080. The molecule has 0 spiro atoms. The zero-order valence-corrected chi connectivity index (χ0v) is 32.3. The number of nitrogens with one attached hydrogen (secondary N) is 2. The van der Waals surface area contributed by atoms with Crippen LogP contribution in [-0.4, -0.2) is 58.4 Å². The van der Waals surface area contributed by atoms with Gasteiger partial charge in [0.15, 0.2) is 0 Å². The Labute approximate surface area is 322 Å². The summed E-state index contributed by atoms with van der Waals surface area (Å²) in [5.41, 5.74) is 0. The standard InChI is InChI=1S/C17H15F2N3OS2.C11H12IN3OS.C6H4F2S/c18-11-1-2-14(13(19)8-11)24-15-7-10-9-20-17(22-16(10)25-15)21-12-3-5-23-6-4-12;12-9-5-7-6-13-11(15-10(7)17-9)14-8-1-3-16-4-2-8;7-4-1-2-6(9)5(8)3-4/h1-2,7-9,12H,3-6H2,(H,20,21,22);5-6,8H,1-4H2,(H,13,14,15);1-3,9H. The molecule has 0 amide bonds. The van der Waals surface area contributed by atoms with Crippen molar-refractivity contribution in [2.45, 2.75) is 51.8 Å². The van der Waals surface area contributed by atoms with E-state index in [0.717, 1.165) is 101 Å². The molecule has 2 saturated heterocycles. The number of hydrogen-bond acceptors (Lipinski definition) is 12. The maximum Gasteiger partial charge on any atom is 0.224 e. The van der Waals surface area contributed by atoms with Gasteiger partial charge in [0, 0.05) is 83.6 Å². The first-order valence-corrected chi connectivity index (χ1v) is 19.8. The molecule has 2 aromatic carbocycles. The molecule has 8 nitrogen and oxygen atoms in total. The number of benzene rings is 2. The van der Waals surface area contributed by atoms with Crippen LogP contribution in [0.1, 0.15) is 25.7 Å². The minimum atomic E-state index is -0.627. The summed E-state index contributed by atoms with van der Waals surface area (Å²) in [7, 11) is 0. The summed E-state index contributed by atoms with van der Waals surface area (Å²) < 4.78 is 64.0. The third kappa shape index (κ3) is 11.1. The molecule has 0 aliphatic carbocycles. The van der Waals surface area contributed by atoms with Crippen LogP contribution < -0.4 is 10.6 Å². The normalized spacial score (nSPS) is 15.2. The van der Waals surface area contributed by atoms with Crippen molar-refractivity contribution in [3.8, 4) is 0 Å². The summed E-state index contributed by atoms with van der Waals surface area (Å²) >= 11 is 10.4. The number of anilines is 2. The molecule has 2 N–H and O–H groups in total. The molecule has 2 aliphatic rings. The van der Waals surface area contributed by atoms with Gasteiger partial charge in [-0.1, -0.05) is 11.8 Å². The van der Waals surface area contributed by atoms with Crippen LogP contribution in [0.3, 0.4) is 0 Å². The van der Waals surface area contributed by atoms with E-state index in [9.17, 15) is 17.6 Å². The van der Waals surface area contributed by atoms with Crippen molar-refractivity contribution in [3.63, 3.8) is 0 Å². The Morgan fingerprint density at radius 1 is 0.706 bits per heavy atom. The number of nitrogens with zero attached hydrogens (tertiary/aromatic N) is 4. The first-order valence-electron chi connectivity index (χ1n) is 15.8. The number of rotatable bonds is 6. The van der Waals surface area contributed by atoms with Crippen molar-refractivity contribution in [2.75, 3.05) is 37.1 Å². The van der Waals surface area contributed by atoms with Crippen molar-refractivity contribution >= 4 is 102 Å². The second-order valence-corrected chi connectivity index (χ2v) is 17.1. The number of hydrogen-bond donors (Lipinski definition) is 3. The Morgan fingerprint density at radius 3 is 1.78 bits per heavy atom. The fraction of sp³-hybridized carbons (Fsp3) is 0.294. The van der Waals surface area contributed by atoms with Gasteiger partial charge in [0.1, 0.15) is 32.9 Å². The van der Waals surface area contributed by atoms with Crippen molar-refractivity contribution in [1.82, 2.24) is 19.9 Å². The molecule has 2 aliphatic heterocycles. The maximum absolute atomic E-state index is 13.8. The van der Waals surface area contributed by atoms with Gasteiger partial charge in [0.25, 0.3) is 0 Å². The molecule has 0 bridgehead atoms. The van der Waals surface area contributed by atoms with Crippen LogP contribution in [-0.2, 0) is 9.47 Å². The molecule has 6 heterocycles. The predicted octanol–water partition coefficient (Wildman–Crippen LogP) is 9.85. The molecular weight excluding hydrogens is 856 g/mol. The number of halogens is 5. The molecule has 51 heavy (non-hydrogen) atoms. The quantitative estimate of drug-likeness (QED) is 0.0859. The molecular formula is C34H31F4IN6O2S4. The fourth-order valence-electron chi connectivity index (χ4n) is 4.99. The van der Waals surface area contributed by atoms with E-state index in [2.05, 4.69) is 71.9 Å². The summed E-state index contributed by atoms with van der Waals surface area (Å²) in [6.45, 7) is 3.17. The van der Waals surface area contributed by atoms with Crippen LogP contribution in [0.2, 0.25) is 0 Å². The highest BCUT2D eigenvalue weighted by Crippen LogP contribution is 2.37. The third-order valence-electron chi connectivity index (χ3n) is 7.62. The topological polar surface area (TPSA) is 94.1 Å². The van der Waals surface area contributed by atoms with Gasteiger partial charge in [-0.05, 0) is 84.7 Å². The lowest BCUT2D eigenvalue weighted by molar-refractivity contribution is 0.0902. The fourth-order valence-corrected chi connectivity index (χ4v) is 8.93. The van der Waals surface area contributed by atoms with Gasteiger partial charge in [0.2, 0.25) is 11.9 Å². The Morgan fingerprint density at radius 2 is 1.24 bits per heavy atom. The monoisotopic (exact) mass is 886 g/mol. The number of ether oxygens (including phenoxy) is 2. The zero-order chi connectivity index (χ0) is 35.7. The summed E-state index contributed by atoms with van der Waals surface area (Å²) in [6.07, 6.45) is 7.61. The Hall–Kier alpha value is -2.81. The van der Waals surface area contributed by atoms with E-state index < -0.39 is 23.3 Å².